The topological polar surface area (TPSA) is 55.4 Å². The first-order chi connectivity index (χ1) is 10.5. The van der Waals surface area contributed by atoms with Crippen molar-refractivity contribution in [3.05, 3.63) is 54.6 Å². The van der Waals surface area contributed by atoms with Gasteiger partial charge in [0.05, 0.1) is 4.90 Å². The third-order valence-electron chi connectivity index (χ3n) is 2.86. The molecule has 7 heteroatoms. The Labute approximate surface area is 127 Å². The van der Waals surface area contributed by atoms with Crippen molar-refractivity contribution in [3.63, 3.8) is 0 Å². The van der Waals surface area contributed by atoms with Crippen molar-refractivity contribution in [2.24, 2.45) is 0 Å². The predicted molar refractivity (Wildman–Crippen MR) is 80.1 cm³/mol. The highest BCUT2D eigenvalue weighted by Crippen LogP contribution is 2.20. The molecular formula is C15H15F2NO3S. The van der Waals surface area contributed by atoms with Gasteiger partial charge in [-0.2, -0.15) is 8.78 Å². The summed E-state index contributed by atoms with van der Waals surface area (Å²) >= 11 is 0. The Morgan fingerprint density at radius 3 is 2.23 bits per heavy atom. The van der Waals surface area contributed by atoms with Crippen molar-refractivity contribution in [2.45, 2.75) is 10.7 Å². The summed E-state index contributed by atoms with van der Waals surface area (Å²) in [6.07, 6.45) is 0. The van der Waals surface area contributed by atoms with Crippen LogP contribution >= 0.6 is 0 Å². The minimum absolute atomic E-state index is 0.395. The minimum Gasteiger partial charge on any atom is -0.492 e. The van der Waals surface area contributed by atoms with E-state index in [-0.39, 0.29) is 0 Å². The van der Waals surface area contributed by atoms with Crippen LogP contribution < -0.4 is 10.1 Å². The van der Waals surface area contributed by atoms with Crippen LogP contribution in [0.15, 0.2) is 59.5 Å². The lowest BCUT2D eigenvalue weighted by Gasteiger charge is -2.09. The molecular weight excluding hydrogens is 312 g/mol. The standard InChI is InChI=1S/C15H15F2NO3S/c16-15(17)22(19,20)14-8-6-12(7-9-14)18-10-11-21-13-4-2-1-3-5-13/h1-9,15,18H,10-11H2. The van der Waals surface area contributed by atoms with Crippen LogP contribution in [0.4, 0.5) is 14.5 Å². The van der Waals surface area contributed by atoms with Crippen LogP contribution in [0.5, 0.6) is 5.75 Å². The maximum absolute atomic E-state index is 12.4. The second kappa shape index (κ2) is 7.22. The third-order valence-corrected chi connectivity index (χ3v) is 4.26. The maximum atomic E-state index is 12.4. The first-order valence-electron chi connectivity index (χ1n) is 6.54. The largest absolute Gasteiger partial charge is 0.492 e. The number of para-hydroxylation sites is 1. The van der Waals surface area contributed by atoms with E-state index in [1.807, 2.05) is 30.3 Å². The summed E-state index contributed by atoms with van der Waals surface area (Å²) in [4.78, 5) is -0.395. The molecule has 0 fully saturated rings. The third kappa shape index (κ3) is 4.17. The molecule has 0 bridgehead atoms. The van der Waals surface area contributed by atoms with Gasteiger partial charge in [-0.3, -0.25) is 0 Å². The lowest BCUT2D eigenvalue weighted by Crippen LogP contribution is -2.13. The molecule has 0 aliphatic heterocycles. The van der Waals surface area contributed by atoms with Gasteiger partial charge in [0.25, 0.3) is 0 Å². The van der Waals surface area contributed by atoms with E-state index >= 15 is 0 Å². The Morgan fingerprint density at radius 2 is 1.64 bits per heavy atom. The average molecular weight is 327 g/mol. The number of anilines is 1. The normalized spacial score (nSPS) is 11.4. The van der Waals surface area contributed by atoms with Crippen LogP contribution in [0.2, 0.25) is 0 Å². The lowest BCUT2D eigenvalue weighted by atomic mass is 10.3. The fourth-order valence-electron chi connectivity index (χ4n) is 1.75. The summed E-state index contributed by atoms with van der Waals surface area (Å²) in [5.74, 6) is -2.66. The quantitative estimate of drug-likeness (QED) is 0.794. The highest BCUT2D eigenvalue weighted by molar-refractivity contribution is 7.91. The zero-order chi connectivity index (χ0) is 16.0. The van der Waals surface area contributed by atoms with Crippen molar-refractivity contribution in [1.82, 2.24) is 0 Å². The molecule has 1 N–H and O–H groups in total. The number of halogens is 2. The molecule has 0 aliphatic rings. The lowest BCUT2D eigenvalue weighted by molar-refractivity contribution is 0.234. The highest BCUT2D eigenvalue weighted by Gasteiger charge is 2.26. The van der Waals surface area contributed by atoms with Crippen LogP contribution in [0.3, 0.4) is 0 Å². The van der Waals surface area contributed by atoms with E-state index in [0.717, 1.165) is 17.9 Å². The van der Waals surface area contributed by atoms with Crippen molar-refractivity contribution in [3.8, 4) is 5.75 Å². The number of benzene rings is 2. The Morgan fingerprint density at radius 1 is 1.00 bits per heavy atom. The first-order valence-corrected chi connectivity index (χ1v) is 8.08. The van der Waals surface area contributed by atoms with Gasteiger partial charge >= 0.3 is 5.76 Å². The van der Waals surface area contributed by atoms with Gasteiger partial charge in [0, 0.05) is 12.2 Å². The van der Waals surface area contributed by atoms with Crippen molar-refractivity contribution in [1.29, 1.82) is 0 Å². The van der Waals surface area contributed by atoms with Crippen molar-refractivity contribution < 1.29 is 21.9 Å². The van der Waals surface area contributed by atoms with Crippen molar-refractivity contribution in [2.75, 3.05) is 18.5 Å². The summed E-state index contributed by atoms with van der Waals surface area (Å²) in [6.45, 7) is 0.914. The number of nitrogens with one attached hydrogen (secondary N) is 1. The second-order valence-corrected chi connectivity index (χ2v) is 6.34. The number of rotatable bonds is 7. The summed E-state index contributed by atoms with van der Waals surface area (Å²) in [5, 5.41) is 3.02. The predicted octanol–water partition coefficient (Wildman–Crippen LogP) is 3.17. The minimum atomic E-state index is -4.54. The van der Waals surface area contributed by atoms with Gasteiger partial charge < -0.3 is 10.1 Å². The molecule has 0 heterocycles. The number of alkyl halides is 2. The van der Waals surface area contributed by atoms with Gasteiger partial charge in [0.1, 0.15) is 12.4 Å². The van der Waals surface area contributed by atoms with E-state index in [1.165, 1.54) is 12.1 Å². The number of hydrogen-bond acceptors (Lipinski definition) is 4. The summed E-state index contributed by atoms with van der Waals surface area (Å²) in [7, 11) is -4.54. The SMILES string of the molecule is O=S(=O)(c1ccc(NCCOc2ccccc2)cc1)C(F)F. The number of hydrogen-bond donors (Lipinski definition) is 1. The molecule has 2 rings (SSSR count). The van der Waals surface area contributed by atoms with Crippen LogP contribution in [0.25, 0.3) is 0 Å². The average Bonchev–Trinajstić information content (AvgIpc) is 2.53. The molecule has 0 radical (unpaired) electrons. The zero-order valence-corrected chi connectivity index (χ0v) is 12.4. The fraction of sp³-hybridized carbons (Fsp3) is 0.200. The Hall–Kier alpha value is -2.15. The van der Waals surface area contributed by atoms with Crippen LogP contribution in [0, 0.1) is 0 Å². The van der Waals surface area contributed by atoms with E-state index in [2.05, 4.69) is 5.32 Å². The molecule has 0 aliphatic carbocycles. The van der Waals surface area contributed by atoms with E-state index in [0.29, 0.717) is 18.8 Å². The molecule has 2 aromatic rings. The fourth-order valence-corrected chi connectivity index (χ4v) is 2.47. The summed E-state index contributed by atoms with van der Waals surface area (Å²) < 4.78 is 52.8. The van der Waals surface area contributed by atoms with Crippen molar-refractivity contribution >= 4 is 15.5 Å². The summed E-state index contributed by atoms with van der Waals surface area (Å²) in [6, 6.07) is 14.5. The Kier molecular flexibility index (Phi) is 5.32. The maximum Gasteiger partial charge on any atom is 0.341 e. The molecule has 0 saturated heterocycles. The van der Waals surface area contributed by atoms with E-state index in [1.54, 1.807) is 0 Å². The Bertz CT molecular complexity index is 688. The molecule has 0 amide bonds. The van der Waals surface area contributed by atoms with Gasteiger partial charge in [-0.1, -0.05) is 18.2 Å². The van der Waals surface area contributed by atoms with Crippen LogP contribution in [-0.2, 0) is 9.84 Å². The van der Waals surface area contributed by atoms with Gasteiger partial charge in [-0.15, -0.1) is 0 Å². The summed E-state index contributed by atoms with van der Waals surface area (Å²) in [5.41, 5.74) is 0.630. The monoisotopic (exact) mass is 327 g/mol. The molecule has 2 aromatic carbocycles. The first kappa shape index (κ1) is 16.2. The number of sulfone groups is 1. The Balaban J connectivity index is 1.84. The molecule has 0 atom stereocenters. The second-order valence-electron chi connectivity index (χ2n) is 4.42. The molecule has 0 unspecified atom stereocenters. The van der Waals surface area contributed by atoms with Crippen LogP contribution in [-0.4, -0.2) is 27.3 Å². The zero-order valence-electron chi connectivity index (χ0n) is 11.6. The van der Waals surface area contributed by atoms with E-state index in [9.17, 15) is 17.2 Å². The molecule has 0 saturated carbocycles. The van der Waals surface area contributed by atoms with Gasteiger partial charge in [-0.25, -0.2) is 8.42 Å². The van der Waals surface area contributed by atoms with Gasteiger partial charge in [-0.05, 0) is 36.4 Å². The molecule has 118 valence electrons. The molecule has 22 heavy (non-hydrogen) atoms. The smallest absolute Gasteiger partial charge is 0.341 e. The molecule has 4 nitrogen and oxygen atoms in total. The molecule has 0 spiro atoms. The van der Waals surface area contributed by atoms with Crippen LogP contribution in [0.1, 0.15) is 0 Å². The van der Waals surface area contributed by atoms with Gasteiger partial charge in [0.15, 0.2) is 0 Å². The van der Waals surface area contributed by atoms with Gasteiger partial charge in [0.2, 0.25) is 9.84 Å². The van der Waals surface area contributed by atoms with E-state index < -0.39 is 20.5 Å². The van der Waals surface area contributed by atoms with E-state index in [4.69, 9.17) is 4.74 Å². The highest BCUT2D eigenvalue weighted by atomic mass is 32.2. The number of ether oxygens (including phenoxy) is 1. The molecule has 0 aromatic heterocycles.